The molecular weight excluding hydrogens is 445 g/mol. The normalized spacial score (nSPS) is 12.1. The topological polar surface area (TPSA) is 170 Å². The number of anilines is 2. The minimum atomic E-state index is -0.760. The highest BCUT2D eigenvalue weighted by Gasteiger charge is 2.24. The van der Waals surface area contributed by atoms with Gasteiger partial charge in [-0.2, -0.15) is 5.10 Å². The number of hydrogen-bond donors (Lipinski definition) is 4. The second kappa shape index (κ2) is 7.85. The average molecular weight is 460 g/mol. The first-order chi connectivity index (χ1) is 14.8. The van der Waals surface area contributed by atoms with Crippen molar-refractivity contribution in [1.82, 2.24) is 35.0 Å². The first-order valence-electron chi connectivity index (χ1n) is 8.88. The van der Waals surface area contributed by atoms with Gasteiger partial charge in [0.25, 0.3) is 11.5 Å². The van der Waals surface area contributed by atoms with E-state index >= 15 is 0 Å². The van der Waals surface area contributed by atoms with Crippen LogP contribution in [0.25, 0.3) is 16.7 Å². The van der Waals surface area contributed by atoms with Crippen LogP contribution < -0.4 is 22.3 Å². The largest absolute Gasteiger partial charge is 0.382 e. The Kier molecular flexibility index (Phi) is 5.21. The fourth-order valence-electron chi connectivity index (χ4n) is 3.04. The minimum absolute atomic E-state index is 0.0927. The van der Waals surface area contributed by atoms with E-state index in [4.69, 9.17) is 34.7 Å². The number of hydrogen-bond acceptors (Lipinski definition) is 8. The molecule has 1 amide bonds. The van der Waals surface area contributed by atoms with E-state index in [1.165, 1.54) is 10.8 Å². The van der Waals surface area contributed by atoms with Crippen molar-refractivity contribution < 1.29 is 4.79 Å². The molecule has 0 bridgehead atoms. The zero-order valence-electron chi connectivity index (χ0n) is 15.9. The van der Waals surface area contributed by atoms with E-state index in [9.17, 15) is 9.59 Å². The van der Waals surface area contributed by atoms with Crippen LogP contribution >= 0.6 is 23.2 Å². The number of halogens is 2. The predicted molar refractivity (Wildman–Crippen MR) is 116 cm³/mol. The lowest BCUT2D eigenvalue weighted by molar-refractivity contribution is 0.0933. The molecular formula is C18H15Cl2N9O2. The monoisotopic (exact) mass is 459 g/mol. The minimum Gasteiger partial charge on any atom is -0.382 e. The summed E-state index contributed by atoms with van der Waals surface area (Å²) in [7, 11) is 0. The molecule has 31 heavy (non-hydrogen) atoms. The Hall–Kier alpha value is -3.70. The number of amides is 1. The van der Waals surface area contributed by atoms with E-state index in [0.717, 1.165) is 0 Å². The van der Waals surface area contributed by atoms with Crippen LogP contribution in [0.1, 0.15) is 29.3 Å². The number of nitrogens with one attached hydrogen (secondary N) is 2. The Bertz CT molecular complexity index is 1370. The maximum Gasteiger partial charge on any atom is 0.274 e. The maximum absolute atomic E-state index is 13.3. The van der Waals surface area contributed by atoms with Crippen LogP contribution in [0.5, 0.6) is 0 Å². The lowest BCUT2D eigenvalue weighted by Crippen LogP contribution is -2.34. The van der Waals surface area contributed by atoms with E-state index in [1.807, 2.05) is 0 Å². The van der Waals surface area contributed by atoms with Crippen molar-refractivity contribution in [3.63, 3.8) is 0 Å². The summed E-state index contributed by atoms with van der Waals surface area (Å²) in [6.07, 6.45) is 1.48. The molecule has 158 valence electrons. The van der Waals surface area contributed by atoms with Gasteiger partial charge in [-0.25, -0.2) is 19.5 Å². The molecule has 11 nitrogen and oxygen atoms in total. The van der Waals surface area contributed by atoms with E-state index < -0.39 is 17.5 Å². The molecule has 1 aromatic carbocycles. The van der Waals surface area contributed by atoms with Gasteiger partial charge in [-0.3, -0.25) is 14.7 Å². The second-order valence-corrected chi connectivity index (χ2v) is 7.28. The van der Waals surface area contributed by atoms with Gasteiger partial charge in [0.15, 0.2) is 22.5 Å². The summed E-state index contributed by atoms with van der Waals surface area (Å²) in [4.78, 5) is 38.3. The van der Waals surface area contributed by atoms with Crippen LogP contribution in [0, 0.1) is 0 Å². The molecule has 0 saturated carbocycles. The van der Waals surface area contributed by atoms with Gasteiger partial charge in [0.2, 0.25) is 0 Å². The molecule has 0 unspecified atom stereocenters. The van der Waals surface area contributed by atoms with E-state index in [-0.39, 0.29) is 38.7 Å². The Morgan fingerprint density at radius 1 is 1.16 bits per heavy atom. The molecule has 3 heterocycles. The van der Waals surface area contributed by atoms with Crippen LogP contribution in [0.3, 0.4) is 0 Å². The Morgan fingerprint density at radius 2 is 1.94 bits per heavy atom. The van der Waals surface area contributed by atoms with Crippen LogP contribution in [-0.2, 0) is 0 Å². The second-order valence-electron chi connectivity index (χ2n) is 6.52. The van der Waals surface area contributed by atoms with Crippen molar-refractivity contribution >= 4 is 51.6 Å². The van der Waals surface area contributed by atoms with Crippen molar-refractivity contribution in [2.24, 2.45) is 0 Å². The highest BCUT2D eigenvalue weighted by Crippen LogP contribution is 2.23. The fraction of sp³-hybridized carbons (Fsp3) is 0.111. The molecule has 1 atom stereocenters. The van der Waals surface area contributed by atoms with Gasteiger partial charge in [0.05, 0.1) is 28.2 Å². The summed E-state index contributed by atoms with van der Waals surface area (Å²) in [6, 6.07) is 5.76. The van der Waals surface area contributed by atoms with Crippen LogP contribution in [0.4, 0.5) is 11.6 Å². The first-order valence-corrected chi connectivity index (χ1v) is 9.63. The number of aromatic nitrogens is 6. The summed E-state index contributed by atoms with van der Waals surface area (Å²) < 4.78 is 1.29. The average Bonchev–Trinajstić information content (AvgIpc) is 3.24. The number of fused-ring (bicyclic) bond motifs is 1. The summed E-state index contributed by atoms with van der Waals surface area (Å²) in [6.45, 7) is 1.64. The van der Waals surface area contributed by atoms with E-state index in [2.05, 4.69) is 30.5 Å². The van der Waals surface area contributed by atoms with Gasteiger partial charge in [0.1, 0.15) is 11.6 Å². The van der Waals surface area contributed by atoms with E-state index in [0.29, 0.717) is 11.3 Å². The number of H-pyrrole nitrogens is 1. The molecule has 0 saturated heterocycles. The van der Waals surface area contributed by atoms with Crippen molar-refractivity contribution in [3.05, 3.63) is 62.5 Å². The molecule has 4 aromatic rings. The molecule has 13 heteroatoms. The summed E-state index contributed by atoms with van der Waals surface area (Å²) in [5, 5.41) is 9.65. The molecule has 3 aromatic heterocycles. The number of nitrogens with two attached hydrogens (primary N) is 2. The zero-order chi connectivity index (χ0) is 22.3. The molecule has 0 aliphatic rings. The zero-order valence-corrected chi connectivity index (χ0v) is 17.4. The molecule has 0 aliphatic carbocycles. The van der Waals surface area contributed by atoms with Crippen molar-refractivity contribution in [2.75, 3.05) is 11.5 Å². The number of nitrogen functional groups attached to an aromatic ring is 2. The summed E-state index contributed by atoms with van der Waals surface area (Å²) >= 11 is 12.1. The fourth-order valence-corrected chi connectivity index (χ4v) is 3.42. The number of carbonyl (C=O) groups is 1. The van der Waals surface area contributed by atoms with Crippen LogP contribution in [0.15, 0.2) is 35.3 Å². The smallest absolute Gasteiger partial charge is 0.274 e. The molecule has 4 rings (SSSR count). The van der Waals surface area contributed by atoms with Gasteiger partial charge in [-0.1, -0.05) is 29.3 Å². The molecule has 0 fully saturated rings. The highest BCUT2D eigenvalue weighted by molar-refractivity contribution is 6.35. The number of rotatable bonds is 4. The Balaban J connectivity index is 1.82. The van der Waals surface area contributed by atoms with Crippen molar-refractivity contribution in [2.45, 2.75) is 13.0 Å². The number of aromatic amines is 1. The van der Waals surface area contributed by atoms with Gasteiger partial charge in [-0.15, -0.1) is 0 Å². The van der Waals surface area contributed by atoms with Gasteiger partial charge >= 0.3 is 0 Å². The van der Waals surface area contributed by atoms with Crippen molar-refractivity contribution in [1.29, 1.82) is 0 Å². The molecule has 0 aliphatic heterocycles. The van der Waals surface area contributed by atoms with Crippen molar-refractivity contribution in [3.8, 4) is 5.82 Å². The quantitative estimate of drug-likeness (QED) is 0.357. The molecule has 0 radical (unpaired) electrons. The molecule has 6 N–H and O–H groups in total. The third kappa shape index (κ3) is 3.64. The Labute approximate surface area is 184 Å². The summed E-state index contributed by atoms with van der Waals surface area (Å²) in [5.41, 5.74) is 11.1. The standard InChI is InChI=1S/C18H15Cl2N9O2/c1-7(24-17(30)12-14(21)27-15(22)13(20)26-12)16-25-9-4-2-3-8(19)11(9)18(31)29(16)10-5-6-23-28-10/h2-7H,1H3,(H,23,28)(H,24,30)(H4,21,22,27)/t7-/m0/s1. The van der Waals surface area contributed by atoms with Gasteiger partial charge < -0.3 is 16.8 Å². The first kappa shape index (κ1) is 20.6. The van der Waals surface area contributed by atoms with Crippen LogP contribution in [-0.4, -0.2) is 35.6 Å². The number of nitrogens with zero attached hydrogens (tertiary/aromatic N) is 5. The number of carbonyl (C=O) groups excluding carboxylic acids is 1. The van der Waals surface area contributed by atoms with Gasteiger partial charge in [0, 0.05) is 6.07 Å². The third-order valence-electron chi connectivity index (χ3n) is 4.45. The van der Waals surface area contributed by atoms with Crippen LogP contribution in [0.2, 0.25) is 10.2 Å². The predicted octanol–water partition coefficient (Wildman–Crippen LogP) is 1.86. The number of benzene rings is 1. The molecule has 0 spiro atoms. The Morgan fingerprint density at radius 3 is 2.65 bits per heavy atom. The third-order valence-corrected chi connectivity index (χ3v) is 5.05. The van der Waals surface area contributed by atoms with E-state index in [1.54, 1.807) is 31.2 Å². The lowest BCUT2D eigenvalue weighted by Gasteiger charge is -2.19. The van der Waals surface area contributed by atoms with Gasteiger partial charge in [-0.05, 0) is 19.1 Å². The maximum atomic E-state index is 13.3. The highest BCUT2D eigenvalue weighted by atomic mass is 35.5. The summed E-state index contributed by atoms with van der Waals surface area (Å²) in [5.74, 6) is -0.368. The SMILES string of the molecule is C[C@H](NC(=O)c1nc(Cl)c(N)nc1N)c1nc2cccc(Cl)c2c(=O)n1-c1ccn[nH]1. The lowest BCUT2D eigenvalue weighted by atomic mass is 10.2.